The van der Waals surface area contributed by atoms with E-state index in [1.54, 1.807) is 13.1 Å². The van der Waals surface area contributed by atoms with E-state index in [4.69, 9.17) is 0 Å². The van der Waals surface area contributed by atoms with Gasteiger partial charge in [-0.3, -0.25) is 4.79 Å². The Bertz CT molecular complexity index is 744. The van der Waals surface area contributed by atoms with Crippen LogP contribution in [0.3, 0.4) is 0 Å². The number of Topliss-reactive ketones (excluding diaryl/α,β-unsaturated/α-hetero) is 1. The smallest absolute Gasteiger partial charge is 0.160 e. The first-order valence-electron chi connectivity index (χ1n) is 6.47. The second-order valence-corrected chi connectivity index (χ2v) is 4.57. The van der Waals surface area contributed by atoms with Gasteiger partial charge in [-0.2, -0.15) is 5.10 Å². The third-order valence-corrected chi connectivity index (χ3v) is 3.23. The summed E-state index contributed by atoms with van der Waals surface area (Å²) in [5.74, 6) is 0.0569. The SMILES string of the molecule is CC(=O)c1ccccc1-c1ccnn1-c1ccccc1. The lowest BCUT2D eigenvalue weighted by atomic mass is 10.0. The lowest BCUT2D eigenvalue weighted by Gasteiger charge is -2.10. The third kappa shape index (κ3) is 2.14. The predicted molar refractivity (Wildman–Crippen MR) is 79.0 cm³/mol. The van der Waals surface area contributed by atoms with Gasteiger partial charge < -0.3 is 0 Å². The first-order chi connectivity index (χ1) is 9.77. The molecular weight excluding hydrogens is 248 g/mol. The summed E-state index contributed by atoms with van der Waals surface area (Å²) in [6.07, 6.45) is 1.75. The second-order valence-electron chi connectivity index (χ2n) is 4.57. The van der Waals surface area contributed by atoms with E-state index in [2.05, 4.69) is 5.10 Å². The molecule has 1 heterocycles. The van der Waals surface area contributed by atoms with Gasteiger partial charge in [-0.05, 0) is 25.1 Å². The molecule has 3 heteroatoms. The number of carbonyl (C=O) groups excluding carboxylic acids is 1. The molecule has 0 amide bonds. The normalized spacial score (nSPS) is 10.4. The summed E-state index contributed by atoms with van der Waals surface area (Å²) in [6, 6.07) is 19.4. The standard InChI is InChI=1S/C17H14N2O/c1-13(20)15-9-5-6-10-16(15)17-11-12-18-19(17)14-7-3-2-4-8-14/h2-12H,1H3. The highest BCUT2D eigenvalue weighted by Crippen LogP contribution is 2.26. The summed E-state index contributed by atoms with van der Waals surface area (Å²) in [5, 5.41) is 4.37. The summed E-state index contributed by atoms with van der Waals surface area (Å²) in [4.78, 5) is 11.8. The van der Waals surface area contributed by atoms with Crippen LogP contribution < -0.4 is 0 Å². The quantitative estimate of drug-likeness (QED) is 0.674. The van der Waals surface area contributed by atoms with Crippen LogP contribution in [0.25, 0.3) is 16.9 Å². The molecule has 0 aliphatic heterocycles. The number of nitrogens with zero attached hydrogens (tertiary/aromatic N) is 2. The van der Waals surface area contributed by atoms with Crippen LogP contribution >= 0.6 is 0 Å². The summed E-state index contributed by atoms with van der Waals surface area (Å²) in [5.41, 5.74) is 3.51. The van der Waals surface area contributed by atoms with Crippen LogP contribution in [0, 0.1) is 0 Å². The zero-order valence-corrected chi connectivity index (χ0v) is 11.2. The van der Waals surface area contributed by atoms with E-state index in [0.717, 1.165) is 16.9 Å². The van der Waals surface area contributed by atoms with Crippen molar-refractivity contribution < 1.29 is 4.79 Å². The second kappa shape index (κ2) is 5.13. The van der Waals surface area contributed by atoms with Gasteiger partial charge in [0.05, 0.1) is 17.6 Å². The number of aromatic nitrogens is 2. The van der Waals surface area contributed by atoms with Crippen molar-refractivity contribution in [1.82, 2.24) is 9.78 Å². The van der Waals surface area contributed by atoms with E-state index in [-0.39, 0.29) is 5.78 Å². The van der Waals surface area contributed by atoms with E-state index in [9.17, 15) is 4.79 Å². The molecule has 0 saturated carbocycles. The van der Waals surface area contributed by atoms with Crippen molar-refractivity contribution in [3.63, 3.8) is 0 Å². The number of hydrogen-bond donors (Lipinski definition) is 0. The Hall–Kier alpha value is -2.68. The van der Waals surface area contributed by atoms with Crippen LogP contribution in [0.4, 0.5) is 0 Å². The summed E-state index contributed by atoms with van der Waals surface area (Å²) in [6.45, 7) is 1.59. The fourth-order valence-corrected chi connectivity index (χ4v) is 2.30. The zero-order chi connectivity index (χ0) is 13.9. The fraction of sp³-hybridized carbons (Fsp3) is 0.0588. The molecule has 0 unspecified atom stereocenters. The minimum atomic E-state index is 0.0569. The van der Waals surface area contributed by atoms with Crippen molar-refractivity contribution in [2.24, 2.45) is 0 Å². The number of carbonyl (C=O) groups is 1. The van der Waals surface area contributed by atoms with Gasteiger partial charge in [0, 0.05) is 11.1 Å². The molecule has 3 nitrogen and oxygen atoms in total. The van der Waals surface area contributed by atoms with Crippen molar-refractivity contribution in [2.75, 3.05) is 0 Å². The van der Waals surface area contributed by atoms with Crippen LogP contribution in [0.1, 0.15) is 17.3 Å². The molecule has 0 bridgehead atoms. The number of para-hydroxylation sites is 1. The average molecular weight is 262 g/mol. The Labute approximate surface area is 117 Å². The highest BCUT2D eigenvalue weighted by atomic mass is 16.1. The molecule has 1 aromatic heterocycles. The van der Waals surface area contributed by atoms with Gasteiger partial charge >= 0.3 is 0 Å². The molecule has 3 rings (SSSR count). The lowest BCUT2D eigenvalue weighted by molar-refractivity contribution is 0.101. The molecule has 20 heavy (non-hydrogen) atoms. The van der Waals surface area contributed by atoms with Gasteiger partial charge in [0.25, 0.3) is 0 Å². The van der Waals surface area contributed by atoms with E-state index in [1.165, 1.54) is 0 Å². The van der Waals surface area contributed by atoms with Crippen LogP contribution in [0.2, 0.25) is 0 Å². The van der Waals surface area contributed by atoms with Gasteiger partial charge in [-0.25, -0.2) is 4.68 Å². The minimum absolute atomic E-state index is 0.0569. The monoisotopic (exact) mass is 262 g/mol. The summed E-state index contributed by atoms with van der Waals surface area (Å²) >= 11 is 0. The molecule has 0 spiro atoms. The van der Waals surface area contributed by atoms with Crippen LogP contribution in [-0.2, 0) is 0 Å². The molecule has 3 aromatic rings. The van der Waals surface area contributed by atoms with Crippen molar-refractivity contribution in [3.8, 4) is 16.9 Å². The largest absolute Gasteiger partial charge is 0.294 e. The van der Waals surface area contributed by atoms with Gasteiger partial charge in [0.2, 0.25) is 0 Å². The Morgan fingerprint density at radius 1 is 0.950 bits per heavy atom. The third-order valence-electron chi connectivity index (χ3n) is 3.23. The number of ketones is 1. The number of benzene rings is 2. The molecule has 0 fully saturated rings. The highest BCUT2D eigenvalue weighted by molar-refractivity contribution is 6.00. The predicted octanol–water partition coefficient (Wildman–Crippen LogP) is 3.74. The van der Waals surface area contributed by atoms with Crippen molar-refractivity contribution in [3.05, 3.63) is 72.4 Å². The fourth-order valence-electron chi connectivity index (χ4n) is 2.30. The molecule has 0 aliphatic carbocycles. The average Bonchev–Trinajstić information content (AvgIpc) is 2.97. The topological polar surface area (TPSA) is 34.9 Å². The van der Waals surface area contributed by atoms with Crippen LogP contribution in [-0.4, -0.2) is 15.6 Å². The number of rotatable bonds is 3. The van der Waals surface area contributed by atoms with Crippen molar-refractivity contribution >= 4 is 5.78 Å². The Balaban J connectivity index is 2.18. The summed E-state index contributed by atoms with van der Waals surface area (Å²) in [7, 11) is 0. The van der Waals surface area contributed by atoms with E-state index in [0.29, 0.717) is 5.56 Å². The van der Waals surface area contributed by atoms with Gasteiger partial charge in [0.1, 0.15) is 0 Å². The molecule has 0 radical (unpaired) electrons. The van der Waals surface area contributed by atoms with Crippen LogP contribution in [0.5, 0.6) is 0 Å². The Morgan fingerprint density at radius 2 is 1.65 bits per heavy atom. The molecule has 0 atom stereocenters. The van der Waals surface area contributed by atoms with E-state index in [1.807, 2.05) is 65.3 Å². The maximum Gasteiger partial charge on any atom is 0.160 e. The van der Waals surface area contributed by atoms with Gasteiger partial charge in [0.15, 0.2) is 5.78 Å². The number of hydrogen-bond acceptors (Lipinski definition) is 2. The van der Waals surface area contributed by atoms with Gasteiger partial charge in [-0.1, -0.05) is 42.5 Å². The van der Waals surface area contributed by atoms with Crippen molar-refractivity contribution in [1.29, 1.82) is 0 Å². The molecule has 2 aromatic carbocycles. The first kappa shape index (κ1) is 12.4. The molecule has 0 N–H and O–H groups in total. The van der Waals surface area contributed by atoms with Crippen molar-refractivity contribution in [2.45, 2.75) is 6.92 Å². The summed E-state index contributed by atoms with van der Waals surface area (Å²) < 4.78 is 1.85. The maximum atomic E-state index is 11.8. The molecular formula is C17H14N2O. The highest BCUT2D eigenvalue weighted by Gasteiger charge is 2.13. The van der Waals surface area contributed by atoms with Gasteiger partial charge in [-0.15, -0.1) is 0 Å². The minimum Gasteiger partial charge on any atom is -0.294 e. The van der Waals surface area contributed by atoms with E-state index >= 15 is 0 Å². The zero-order valence-electron chi connectivity index (χ0n) is 11.2. The molecule has 98 valence electrons. The Kier molecular flexibility index (Phi) is 3.17. The van der Waals surface area contributed by atoms with E-state index < -0.39 is 0 Å². The Morgan fingerprint density at radius 3 is 2.40 bits per heavy atom. The maximum absolute atomic E-state index is 11.8. The first-order valence-corrected chi connectivity index (χ1v) is 6.47. The molecule has 0 aliphatic rings. The lowest BCUT2D eigenvalue weighted by Crippen LogP contribution is -2.02. The molecule has 0 saturated heterocycles. The van der Waals surface area contributed by atoms with Crippen LogP contribution in [0.15, 0.2) is 66.9 Å².